The smallest absolute Gasteiger partial charge is 0.320 e. The zero-order valence-corrected chi connectivity index (χ0v) is 22.1. The van der Waals surface area contributed by atoms with E-state index < -0.39 is 15.8 Å². The van der Waals surface area contributed by atoms with Crippen molar-refractivity contribution in [3.63, 3.8) is 0 Å². The van der Waals surface area contributed by atoms with Gasteiger partial charge in [-0.1, -0.05) is 32.9 Å². The highest BCUT2D eigenvalue weighted by Crippen LogP contribution is 2.31. The zero-order valence-electron chi connectivity index (χ0n) is 19.7. The van der Waals surface area contributed by atoms with Crippen molar-refractivity contribution in [3.8, 4) is 0 Å². The number of nitrogens with zero attached hydrogens (tertiary/aromatic N) is 1. The van der Waals surface area contributed by atoms with Crippen molar-refractivity contribution in [1.82, 2.24) is 4.90 Å². The van der Waals surface area contributed by atoms with E-state index in [1.165, 1.54) is 29.8 Å². The van der Waals surface area contributed by atoms with Crippen LogP contribution < -0.4 is 10.0 Å². The number of anilines is 2. The number of urea groups is 1. The van der Waals surface area contributed by atoms with Crippen LogP contribution in [0, 0.1) is 5.82 Å². The first kappa shape index (κ1) is 25.2. The predicted molar refractivity (Wildman–Crippen MR) is 140 cm³/mol. The SMILES string of the molecule is CC(C)(C)c1ccc(NC(=O)N2CCc3cc(S(=O)(=O)Nc4ccc(F)cc4)c(Br)cc3C2)cc1. The molecule has 0 saturated carbocycles. The Morgan fingerprint density at radius 2 is 1.60 bits per heavy atom. The molecule has 3 aromatic rings. The van der Waals surface area contributed by atoms with Crippen LogP contribution in [0.15, 0.2) is 70.0 Å². The van der Waals surface area contributed by atoms with Gasteiger partial charge in [-0.25, -0.2) is 17.6 Å². The van der Waals surface area contributed by atoms with Crippen LogP contribution in [0.25, 0.3) is 0 Å². The van der Waals surface area contributed by atoms with E-state index in [1.54, 1.807) is 17.0 Å². The first-order chi connectivity index (χ1) is 16.4. The third-order valence-electron chi connectivity index (χ3n) is 5.94. The maximum atomic E-state index is 13.1. The molecule has 0 atom stereocenters. The lowest BCUT2D eigenvalue weighted by Gasteiger charge is -2.30. The Labute approximate surface area is 213 Å². The Hall–Kier alpha value is -2.91. The number of fused-ring (bicyclic) bond motifs is 1. The van der Waals surface area contributed by atoms with Gasteiger partial charge in [0.05, 0.1) is 0 Å². The molecular formula is C26H27BrFN3O3S. The number of nitrogens with one attached hydrogen (secondary N) is 2. The van der Waals surface area contributed by atoms with Crippen molar-refractivity contribution >= 4 is 43.4 Å². The Bertz CT molecular complexity index is 1350. The molecule has 1 aliphatic heterocycles. The zero-order chi connectivity index (χ0) is 25.4. The van der Waals surface area contributed by atoms with Crippen molar-refractivity contribution in [2.24, 2.45) is 0 Å². The minimum Gasteiger partial charge on any atom is -0.320 e. The highest BCUT2D eigenvalue weighted by atomic mass is 79.9. The number of carbonyl (C=O) groups excluding carboxylic acids is 1. The second-order valence-corrected chi connectivity index (χ2v) is 12.1. The second kappa shape index (κ2) is 9.62. The molecule has 0 fully saturated rings. The molecule has 2 amide bonds. The molecule has 0 radical (unpaired) electrons. The van der Waals surface area contributed by atoms with E-state index in [9.17, 15) is 17.6 Å². The fourth-order valence-electron chi connectivity index (χ4n) is 3.92. The molecule has 1 aliphatic rings. The quantitative estimate of drug-likeness (QED) is 0.395. The second-order valence-electron chi connectivity index (χ2n) is 9.59. The summed E-state index contributed by atoms with van der Waals surface area (Å²) >= 11 is 3.37. The van der Waals surface area contributed by atoms with Gasteiger partial charge in [-0.2, -0.15) is 0 Å². The Morgan fingerprint density at radius 1 is 0.971 bits per heavy atom. The summed E-state index contributed by atoms with van der Waals surface area (Å²) in [6.07, 6.45) is 0.526. The molecule has 0 unspecified atom stereocenters. The van der Waals surface area contributed by atoms with Crippen molar-refractivity contribution in [2.45, 2.75) is 44.0 Å². The molecular weight excluding hydrogens is 533 g/mol. The van der Waals surface area contributed by atoms with Gasteiger partial charge in [0.1, 0.15) is 10.7 Å². The number of hydrogen-bond donors (Lipinski definition) is 2. The summed E-state index contributed by atoms with van der Waals surface area (Å²) in [6, 6.07) is 16.1. The average molecular weight is 560 g/mol. The molecule has 0 aromatic heterocycles. The van der Waals surface area contributed by atoms with Crippen LogP contribution in [-0.2, 0) is 28.4 Å². The largest absolute Gasteiger partial charge is 0.322 e. The molecule has 2 N–H and O–H groups in total. The summed E-state index contributed by atoms with van der Waals surface area (Å²) in [5, 5.41) is 2.95. The van der Waals surface area contributed by atoms with Crippen molar-refractivity contribution in [3.05, 3.63) is 87.6 Å². The maximum absolute atomic E-state index is 13.1. The molecule has 0 bridgehead atoms. The standard InChI is InChI=1S/C26H27BrFN3O3S/c1-26(2,3)19-4-8-21(9-5-19)29-25(32)31-13-12-17-15-24(23(27)14-18(17)16-31)35(33,34)30-22-10-6-20(28)7-11-22/h4-11,14-15,30H,12-13,16H2,1-3H3,(H,29,32). The number of rotatable bonds is 4. The molecule has 184 valence electrons. The highest BCUT2D eigenvalue weighted by molar-refractivity contribution is 9.10. The van der Waals surface area contributed by atoms with E-state index in [1.807, 2.05) is 24.3 Å². The number of benzene rings is 3. The molecule has 1 heterocycles. The maximum Gasteiger partial charge on any atom is 0.322 e. The van der Waals surface area contributed by atoms with Crippen molar-refractivity contribution < 1.29 is 17.6 Å². The average Bonchev–Trinajstić information content (AvgIpc) is 2.79. The fourth-order valence-corrected chi connectivity index (χ4v) is 6.12. The normalized spacial score (nSPS) is 13.8. The van der Waals surface area contributed by atoms with E-state index in [4.69, 9.17) is 0 Å². The van der Waals surface area contributed by atoms with E-state index in [0.717, 1.165) is 16.8 Å². The van der Waals surface area contributed by atoms with Gasteiger partial charge >= 0.3 is 6.03 Å². The first-order valence-corrected chi connectivity index (χ1v) is 13.5. The third kappa shape index (κ3) is 5.85. The molecule has 0 saturated heterocycles. The summed E-state index contributed by atoms with van der Waals surface area (Å²) in [4.78, 5) is 14.7. The number of sulfonamides is 1. The summed E-state index contributed by atoms with van der Waals surface area (Å²) in [7, 11) is -3.89. The molecule has 3 aromatic carbocycles. The molecule has 4 rings (SSSR count). The molecule has 9 heteroatoms. The van der Waals surface area contributed by atoms with Crippen LogP contribution in [-0.4, -0.2) is 25.9 Å². The lowest BCUT2D eigenvalue weighted by molar-refractivity contribution is 0.206. The Balaban J connectivity index is 1.47. The van der Waals surface area contributed by atoms with Crippen LogP contribution in [0.4, 0.5) is 20.6 Å². The summed E-state index contributed by atoms with van der Waals surface area (Å²) in [5.74, 6) is -0.446. The number of halogens is 2. The van der Waals surface area contributed by atoms with Gasteiger partial charge in [-0.3, -0.25) is 4.72 Å². The van der Waals surface area contributed by atoms with E-state index in [-0.39, 0.29) is 22.0 Å². The van der Waals surface area contributed by atoms with Gasteiger partial charge in [-0.15, -0.1) is 0 Å². The third-order valence-corrected chi connectivity index (χ3v) is 8.28. The van der Waals surface area contributed by atoms with Gasteiger partial charge in [0.2, 0.25) is 0 Å². The highest BCUT2D eigenvalue weighted by Gasteiger charge is 2.26. The van der Waals surface area contributed by atoms with Gasteiger partial charge in [0.15, 0.2) is 0 Å². The number of amides is 2. The number of hydrogen-bond acceptors (Lipinski definition) is 3. The van der Waals surface area contributed by atoms with Crippen LogP contribution in [0.3, 0.4) is 0 Å². The lowest BCUT2D eigenvalue weighted by Crippen LogP contribution is -2.39. The van der Waals surface area contributed by atoms with Gasteiger partial charge in [0, 0.05) is 28.9 Å². The predicted octanol–water partition coefficient (Wildman–Crippen LogP) is 6.28. The molecule has 0 aliphatic carbocycles. The summed E-state index contributed by atoms with van der Waals surface area (Å²) in [5.41, 5.74) is 3.96. The van der Waals surface area contributed by atoms with E-state index in [0.29, 0.717) is 24.0 Å². The summed E-state index contributed by atoms with van der Waals surface area (Å²) in [6.45, 7) is 7.25. The van der Waals surface area contributed by atoms with E-state index >= 15 is 0 Å². The minimum atomic E-state index is -3.89. The van der Waals surface area contributed by atoms with Gasteiger partial charge in [-0.05, 0) is 93.0 Å². The Morgan fingerprint density at radius 3 is 2.23 bits per heavy atom. The van der Waals surface area contributed by atoms with E-state index in [2.05, 4.69) is 46.7 Å². The monoisotopic (exact) mass is 559 g/mol. The minimum absolute atomic E-state index is 0.0351. The van der Waals surface area contributed by atoms with Crippen LogP contribution in [0.2, 0.25) is 0 Å². The van der Waals surface area contributed by atoms with Gasteiger partial charge < -0.3 is 10.2 Å². The first-order valence-electron chi connectivity index (χ1n) is 11.2. The summed E-state index contributed by atoms with van der Waals surface area (Å²) < 4.78 is 41.9. The Kier molecular flexibility index (Phi) is 6.92. The van der Waals surface area contributed by atoms with Crippen LogP contribution in [0.1, 0.15) is 37.5 Å². The van der Waals surface area contributed by atoms with Crippen molar-refractivity contribution in [2.75, 3.05) is 16.6 Å². The number of carbonyl (C=O) groups is 1. The van der Waals surface area contributed by atoms with Crippen LogP contribution >= 0.6 is 15.9 Å². The molecule has 6 nitrogen and oxygen atoms in total. The van der Waals surface area contributed by atoms with Crippen molar-refractivity contribution in [1.29, 1.82) is 0 Å². The molecule has 0 spiro atoms. The van der Waals surface area contributed by atoms with Crippen LogP contribution in [0.5, 0.6) is 0 Å². The van der Waals surface area contributed by atoms with Gasteiger partial charge in [0.25, 0.3) is 10.0 Å². The topological polar surface area (TPSA) is 78.5 Å². The molecule has 35 heavy (non-hydrogen) atoms. The fraction of sp³-hybridized carbons (Fsp3) is 0.269. The lowest BCUT2D eigenvalue weighted by atomic mass is 9.87.